The Bertz CT molecular complexity index is 696. The summed E-state index contributed by atoms with van der Waals surface area (Å²) in [5.74, 6) is -1.14. The number of carbonyl (C=O) groups is 1. The number of rotatable bonds is 6. The SMILES string of the molecule is COC(=O)c1c(N2CCOCC2)cc([B]OC(C)(C)C(C)(C)O)c(F)c1C. The van der Waals surface area contributed by atoms with Crippen LogP contribution < -0.4 is 10.4 Å². The lowest BCUT2D eigenvalue weighted by Crippen LogP contribution is -2.49. The highest BCUT2D eigenvalue weighted by Crippen LogP contribution is 2.28. The van der Waals surface area contributed by atoms with Crippen molar-refractivity contribution in [1.29, 1.82) is 0 Å². The number of halogens is 1. The van der Waals surface area contributed by atoms with Gasteiger partial charge in [-0.2, -0.15) is 0 Å². The van der Waals surface area contributed by atoms with E-state index in [9.17, 15) is 14.3 Å². The van der Waals surface area contributed by atoms with Crippen LogP contribution in [0.4, 0.5) is 10.1 Å². The Morgan fingerprint density at radius 3 is 2.41 bits per heavy atom. The molecule has 1 aromatic carbocycles. The van der Waals surface area contributed by atoms with Crippen LogP contribution in [0.15, 0.2) is 6.07 Å². The third-order valence-electron chi connectivity index (χ3n) is 5.20. The van der Waals surface area contributed by atoms with Gasteiger partial charge in [-0.25, -0.2) is 9.18 Å². The number of esters is 1. The molecule has 0 saturated carbocycles. The molecule has 1 aliphatic heterocycles. The zero-order valence-corrected chi connectivity index (χ0v) is 16.9. The standard InChI is InChI=1S/C19H28BFNO5/c1-12-15(17(23)25-6)14(22-7-9-26-10-8-22)11-13(16(12)21)20-27-19(4,5)18(2,3)24/h11,24H,7-10H2,1-6H3. The molecule has 0 aromatic heterocycles. The molecule has 1 aromatic rings. The number of anilines is 1. The van der Waals surface area contributed by atoms with Gasteiger partial charge in [-0.3, -0.25) is 0 Å². The summed E-state index contributed by atoms with van der Waals surface area (Å²) in [6, 6.07) is 1.58. The second-order valence-electron chi connectivity index (χ2n) is 7.69. The van der Waals surface area contributed by atoms with Gasteiger partial charge in [0, 0.05) is 18.7 Å². The van der Waals surface area contributed by atoms with Crippen molar-refractivity contribution >= 4 is 24.6 Å². The topological polar surface area (TPSA) is 68.2 Å². The molecule has 1 saturated heterocycles. The molecule has 1 fully saturated rings. The molecule has 1 radical (unpaired) electrons. The molecule has 2 rings (SSSR count). The van der Waals surface area contributed by atoms with Crippen molar-refractivity contribution in [3.05, 3.63) is 23.0 Å². The van der Waals surface area contributed by atoms with Gasteiger partial charge in [0.25, 0.3) is 0 Å². The number of benzene rings is 1. The van der Waals surface area contributed by atoms with Gasteiger partial charge >= 0.3 is 13.5 Å². The monoisotopic (exact) mass is 380 g/mol. The highest BCUT2D eigenvalue weighted by atomic mass is 19.1. The predicted octanol–water partition coefficient (Wildman–Crippen LogP) is 1.57. The summed E-state index contributed by atoms with van der Waals surface area (Å²) in [5, 5.41) is 10.2. The molecule has 1 N–H and O–H groups in total. The van der Waals surface area contributed by atoms with Crippen molar-refractivity contribution in [3.63, 3.8) is 0 Å². The highest BCUT2D eigenvalue weighted by molar-refractivity contribution is 6.47. The fraction of sp³-hybridized carbons (Fsp3) is 0.632. The second kappa shape index (κ2) is 8.16. The summed E-state index contributed by atoms with van der Waals surface area (Å²) in [6.07, 6.45) is 0. The van der Waals surface area contributed by atoms with Crippen molar-refractivity contribution in [2.75, 3.05) is 38.3 Å². The summed E-state index contributed by atoms with van der Waals surface area (Å²) < 4.78 is 30.9. The molecule has 149 valence electrons. The van der Waals surface area contributed by atoms with Crippen LogP contribution in [-0.4, -0.2) is 63.2 Å². The quantitative estimate of drug-likeness (QED) is 0.597. The Balaban J connectivity index is 2.44. The van der Waals surface area contributed by atoms with Gasteiger partial charge in [-0.15, -0.1) is 0 Å². The summed E-state index contributed by atoms with van der Waals surface area (Å²) in [5.41, 5.74) is -0.877. The first-order chi connectivity index (χ1) is 12.5. The van der Waals surface area contributed by atoms with E-state index in [1.54, 1.807) is 40.7 Å². The van der Waals surface area contributed by atoms with Crippen LogP contribution in [0.3, 0.4) is 0 Å². The molecule has 0 bridgehead atoms. The molecule has 0 atom stereocenters. The molecule has 27 heavy (non-hydrogen) atoms. The molecule has 1 heterocycles. The van der Waals surface area contributed by atoms with Crippen LogP contribution in [0, 0.1) is 12.7 Å². The summed E-state index contributed by atoms with van der Waals surface area (Å²) in [4.78, 5) is 14.3. The van der Waals surface area contributed by atoms with Crippen LogP contribution in [0.1, 0.15) is 43.6 Å². The largest absolute Gasteiger partial charge is 0.465 e. The summed E-state index contributed by atoms with van der Waals surface area (Å²) >= 11 is 0. The maximum Gasteiger partial charge on any atom is 0.340 e. The van der Waals surface area contributed by atoms with E-state index in [2.05, 4.69) is 0 Å². The molecule has 8 heteroatoms. The maximum atomic E-state index is 15.0. The van der Waals surface area contributed by atoms with E-state index in [4.69, 9.17) is 14.1 Å². The van der Waals surface area contributed by atoms with Gasteiger partial charge in [0.1, 0.15) is 5.82 Å². The molecule has 0 aliphatic carbocycles. The average molecular weight is 380 g/mol. The van der Waals surface area contributed by atoms with E-state index in [0.29, 0.717) is 32.0 Å². The molecule has 0 spiro atoms. The van der Waals surface area contributed by atoms with Gasteiger partial charge in [0.2, 0.25) is 0 Å². The first-order valence-electron chi connectivity index (χ1n) is 8.97. The Kier molecular flexibility index (Phi) is 6.55. The van der Waals surface area contributed by atoms with E-state index in [-0.39, 0.29) is 16.6 Å². The van der Waals surface area contributed by atoms with Crippen molar-refractivity contribution in [1.82, 2.24) is 0 Å². The van der Waals surface area contributed by atoms with E-state index in [1.807, 2.05) is 4.90 Å². The minimum absolute atomic E-state index is 0.196. The maximum absolute atomic E-state index is 15.0. The highest BCUT2D eigenvalue weighted by Gasteiger charge is 2.36. The fourth-order valence-corrected chi connectivity index (χ4v) is 2.66. The number of methoxy groups -OCH3 is 1. The van der Waals surface area contributed by atoms with Crippen LogP contribution in [-0.2, 0) is 14.1 Å². The number of carbonyl (C=O) groups excluding carboxylic acids is 1. The van der Waals surface area contributed by atoms with E-state index in [0.717, 1.165) is 0 Å². The van der Waals surface area contributed by atoms with Gasteiger partial charge in [0.15, 0.2) is 0 Å². The minimum Gasteiger partial charge on any atom is -0.465 e. The Labute approximate surface area is 160 Å². The third-order valence-corrected chi connectivity index (χ3v) is 5.20. The third kappa shape index (κ3) is 4.62. The fourth-order valence-electron chi connectivity index (χ4n) is 2.66. The Morgan fingerprint density at radius 2 is 1.89 bits per heavy atom. The van der Waals surface area contributed by atoms with Crippen LogP contribution in [0.2, 0.25) is 0 Å². The van der Waals surface area contributed by atoms with Crippen LogP contribution in [0.25, 0.3) is 0 Å². The zero-order valence-electron chi connectivity index (χ0n) is 16.9. The van der Waals surface area contributed by atoms with Gasteiger partial charge in [0.05, 0.1) is 42.8 Å². The first kappa shape index (κ1) is 21.7. The zero-order chi connectivity index (χ0) is 20.4. The molecular weight excluding hydrogens is 352 g/mol. The second-order valence-corrected chi connectivity index (χ2v) is 7.69. The molecular formula is C19H28BFNO5. The number of hydrogen-bond donors (Lipinski definition) is 1. The average Bonchev–Trinajstić information content (AvgIpc) is 2.62. The molecule has 1 aliphatic rings. The Hall–Kier alpha value is -1.64. The molecule has 0 unspecified atom stereocenters. The summed E-state index contributed by atoms with van der Waals surface area (Å²) in [7, 11) is 2.57. The number of hydrogen-bond acceptors (Lipinski definition) is 6. The minimum atomic E-state index is -1.13. The number of ether oxygens (including phenoxy) is 2. The number of aliphatic hydroxyl groups is 1. The van der Waals surface area contributed by atoms with Crippen molar-refractivity contribution in [2.24, 2.45) is 0 Å². The Morgan fingerprint density at radius 1 is 1.30 bits per heavy atom. The van der Waals surface area contributed by atoms with Gasteiger partial charge < -0.3 is 24.1 Å². The lowest BCUT2D eigenvalue weighted by atomic mass is 9.80. The van der Waals surface area contributed by atoms with E-state index >= 15 is 0 Å². The van der Waals surface area contributed by atoms with Crippen LogP contribution in [0.5, 0.6) is 0 Å². The van der Waals surface area contributed by atoms with Crippen molar-refractivity contribution in [3.8, 4) is 0 Å². The number of morpholine rings is 1. The smallest absolute Gasteiger partial charge is 0.340 e. The summed E-state index contributed by atoms with van der Waals surface area (Å²) in [6.45, 7) is 10.5. The van der Waals surface area contributed by atoms with Crippen molar-refractivity contribution < 1.29 is 28.4 Å². The molecule has 6 nitrogen and oxygen atoms in total. The van der Waals surface area contributed by atoms with E-state index < -0.39 is 23.0 Å². The van der Waals surface area contributed by atoms with E-state index in [1.165, 1.54) is 14.6 Å². The number of nitrogens with zero attached hydrogens (tertiary/aromatic N) is 1. The first-order valence-corrected chi connectivity index (χ1v) is 8.97. The lowest BCUT2D eigenvalue weighted by molar-refractivity contribution is -0.0893. The normalized spacial score (nSPS) is 15.6. The van der Waals surface area contributed by atoms with Crippen molar-refractivity contribution in [2.45, 2.75) is 45.8 Å². The van der Waals surface area contributed by atoms with Crippen LogP contribution >= 0.6 is 0 Å². The lowest BCUT2D eigenvalue weighted by Gasteiger charge is -2.37. The predicted molar refractivity (Wildman–Crippen MR) is 102 cm³/mol. The van der Waals surface area contributed by atoms with Gasteiger partial charge in [-0.05, 0) is 46.1 Å². The molecule has 0 amide bonds. The van der Waals surface area contributed by atoms with Gasteiger partial charge in [-0.1, -0.05) is 0 Å².